The standard InChI is InChI=1S/C24H22N6OS/c1-13(2)30-22-18(11-26-30)16(9-20(27-22)14-7-8-14)23(31)29-24-28-21(12-32-24)17-10-25-19-6-4-3-5-15(17)19/h3-6,9-14,25H,7-8H2,1-2H3,(H,28,29,31). The minimum Gasteiger partial charge on any atom is -0.360 e. The first-order valence-electron chi connectivity index (χ1n) is 10.8. The monoisotopic (exact) mass is 442 g/mol. The highest BCUT2D eigenvalue weighted by atomic mass is 32.1. The molecular formula is C24H22N6OS. The van der Waals surface area contributed by atoms with Crippen molar-refractivity contribution in [1.82, 2.24) is 24.7 Å². The number of amides is 1. The normalized spacial score (nSPS) is 14.0. The third kappa shape index (κ3) is 3.18. The van der Waals surface area contributed by atoms with Crippen LogP contribution in [0.2, 0.25) is 0 Å². The fourth-order valence-corrected chi connectivity index (χ4v) is 4.80. The van der Waals surface area contributed by atoms with Gasteiger partial charge in [0.15, 0.2) is 10.8 Å². The van der Waals surface area contributed by atoms with E-state index in [1.54, 1.807) is 6.20 Å². The van der Waals surface area contributed by atoms with Gasteiger partial charge in [-0.05, 0) is 38.8 Å². The average Bonchev–Trinajstić information content (AvgIpc) is 3.19. The van der Waals surface area contributed by atoms with Crippen LogP contribution in [-0.2, 0) is 0 Å². The predicted octanol–water partition coefficient (Wildman–Crippen LogP) is 5.75. The predicted molar refractivity (Wildman–Crippen MR) is 127 cm³/mol. The molecule has 2 N–H and O–H groups in total. The van der Waals surface area contributed by atoms with E-state index in [-0.39, 0.29) is 11.9 Å². The van der Waals surface area contributed by atoms with E-state index in [0.717, 1.165) is 51.7 Å². The first-order chi connectivity index (χ1) is 15.6. The van der Waals surface area contributed by atoms with Crippen LogP contribution < -0.4 is 5.32 Å². The van der Waals surface area contributed by atoms with Crippen molar-refractivity contribution in [3.05, 3.63) is 59.4 Å². The number of H-pyrrole nitrogens is 1. The van der Waals surface area contributed by atoms with Crippen molar-refractivity contribution >= 4 is 44.3 Å². The van der Waals surface area contributed by atoms with Gasteiger partial charge in [-0.15, -0.1) is 11.3 Å². The number of nitrogens with one attached hydrogen (secondary N) is 2. The van der Waals surface area contributed by atoms with E-state index in [4.69, 9.17) is 4.98 Å². The third-order valence-electron chi connectivity index (χ3n) is 5.91. The van der Waals surface area contributed by atoms with Crippen molar-refractivity contribution in [3.63, 3.8) is 0 Å². The number of anilines is 1. The van der Waals surface area contributed by atoms with E-state index in [2.05, 4.69) is 40.3 Å². The molecule has 6 rings (SSSR count). The van der Waals surface area contributed by atoms with Crippen LogP contribution in [-0.4, -0.2) is 30.6 Å². The Morgan fingerprint density at radius 1 is 1.22 bits per heavy atom. The molecule has 0 spiro atoms. The smallest absolute Gasteiger partial charge is 0.258 e. The molecule has 0 saturated heterocycles. The zero-order valence-electron chi connectivity index (χ0n) is 17.8. The summed E-state index contributed by atoms with van der Waals surface area (Å²) in [6, 6.07) is 10.2. The van der Waals surface area contributed by atoms with Gasteiger partial charge >= 0.3 is 0 Å². The highest BCUT2D eigenvalue weighted by molar-refractivity contribution is 7.14. The van der Waals surface area contributed by atoms with E-state index in [9.17, 15) is 4.79 Å². The van der Waals surface area contributed by atoms with E-state index in [1.165, 1.54) is 11.3 Å². The maximum absolute atomic E-state index is 13.3. The molecule has 1 saturated carbocycles. The molecule has 1 fully saturated rings. The maximum atomic E-state index is 13.3. The Morgan fingerprint density at radius 3 is 2.88 bits per heavy atom. The van der Waals surface area contributed by atoms with E-state index in [1.807, 2.05) is 40.5 Å². The molecule has 0 bridgehead atoms. The number of benzene rings is 1. The van der Waals surface area contributed by atoms with Gasteiger partial charge in [-0.3, -0.25) is 10.1 Å². The van der Waals surface area contributed by atoms with Gasteiger partial charge in [0.05, 0.1) is 22.8 Å². The highest BCUT2D eigenvalue weighted by Crippen LogP contribution is 2.40. The van der Waals surface area contributed by atoms with Crippen LogP contribution in [0, 0.1) is 0 Å². The van der Waals surface area contributed by atoms with Crippen LogP contribution in [0.4, 0.5) is 5.13 Å². The summed E-state index contributed by atoms with van der Waals surface area (Å²) in [4.78, 5) is 26.1. The van der Waals surface area contributed by atoms with Gasteiger partial charge in [0.2, 0.25) is 0 Å². The molecule has 4 aromatic heterocycles. The van der Waals surface area contributed by atoms with E-state index >= 15 is 0 Å². The van der Waals surface area contributed by atoms with Crippen LogP contribution in [0.25, 0.3) is 33.2 Å². The van der Waals surface area contributed by atoms with Gasteiger partial charge in [0.25, 0.3) is 5.91 Å². The fourth-order valence-electron chi connectivity index (χ4n) is 4.09. The molecule has 1 aliphatic carbocycles. The lowest BCUT2D eigenvalue weighted by molar-refractivity contribution is 0.102. The number of nitrogens with zero attached hydrogens (tertiary/aromatic N) is 4. The van der Waals surface area contributed by atoms with Crippen LogP contribution in [0.3, 0.4) is 0 Å². The largest absolute Gasteiger partial charge is 0.360 e. The molecule has 1 aromatic carbocycles. The van der Waals surface area contributed by atoms with Crippen molar-refractivity contribution in [2.24, 2.45) is 0 Å². The second kappa shape index (κ2) is 7.27. The second-order valence-corrected chi connectivity index (χ2v) is 9.39. The number of carbonyl (C=O) groups excluding carboxylic acids is 1. The molecule has 32 heavy (non-hydrogen) atoms. The Hall–Kier alpha value is -3.52. The van der Waals surface area contributed by atoms with Crippen molar-refractivity contribution < 1.29 is 4.79 Å². The molecule has 8 heteroatoms. The summed E-state index contributed by atoms with van der Waals surface area (Å²) in [5.41, 5.74) is 5.28. The SMILES string of the molecule is CC(C)n1ncc2c(C(=O)Nc3nc(-c4c[nH]c5ccccc45)cs3)cc(C3CC3)nc21. The molecule has 7 nitrogen and oxygen atoms in total. The number of hydrogen-bond acceptors (Lipinski definition) is 5. The minimum absolute atomic E-state index is 0.169. The first-order valence-corrected chi connectivity index (χ1v) is 11.7. The van der Waals surface area contributed by atoms with Gasteiger partial charge in [-0.25, -0.2) is 14.6 Å². The molecule has 0 atom stereocenters. The number of aromatic amines is 1. The molecule has 4 heterocycles. The molecule has 0 unspecified atom stereocenters. The average molecular weight is 443 g/mol. The fraction of sp³-hybridized carbons (Fsp3) is 0.250. The lowest BCUT2D eigenvalue weighted by Crippen LogP contribution is -2.13. The molecule has 0 aliphatic heterocycles. The molecular weight excluding hydrogens is 420 g/mol. The Balaban J connectivity index is 1.34. The van der Waals surface area contributed by atoms with Gasteiger partial charge in [-0.2, -0.15) is 5.10 Å². The molecule has 160 valence electrons. The van der Waals surface area contributed by atoms with Crippen LogP contribution >= 0.6 is 11.3 Å². The van der Waals surface area contributed by atoms with Gasteiger partial charge in [0.1, 0.15) is 0 Å². The number of aromatic nitrogens is 5. The lowest BCUT2D eigenvalue weighted by atomic mass is 10.1. The number of para-hydroxylation sites is 1. The summed E-state index contributed by atoms with van der Waals surface area (Å²) in [7, 11) is 0. The summed E-state index contributed by atoms with van der Waals surface area (Å²) in [5.74, 6) is 0.261. The quantitative estimate of drug-likeness (QED) is 0.363. The molecule has 5 aromatic rings. The van der Waals surface area contributed by atoms with Crippen LogP contribution in [0.15, 0.2) is 48.1 Å². The van der Waals surface area contributed by atoms with Crippen molar-refractivity contribution in [2.75, 3.05) is 5.32 Å². The lowest BCUT2D eigenvalue weighted by Gasteiger charge is -2.10. The zero-order chi connectivity index (χ0) is 21.8. The first kappa shape index (κ1) is 19.2. The number of thiazole rings is 1. The van der Waals surface area contributed by atoms with Crippen LogP contribution in [0.5, 0.6) is 0 Å². The summed E-state index contributed by atoms with van der Waals surface area (Å²) in [6.45, 7) is 4.14. The van der Waals surface area contributed by atoms with Crippen molar-refractivity contribution in [3.8, 4) is 11.3 Å². The van der Waals surface area contributed by atoms with Crippen molar-refractivity contribution in [2.45, 2.75) is 38.6 Å². The minimum atomic E-state index is -0.178. The highest BCUT2D eigenvalue weighted by Gasteiger charge is 2.28. The van der Waals surface area contributed by atoms with Gasteiger partial charge < -0.3 is 4.98 Å². The summed E-state index contributed by atoms with van der Waals surface area (Å²) in [6.07, 6.45) is 5.94. The number of hydrogen-bond donors (Lipinski definition) is 2. The van der Waals surface area contributed by atoms with E-state index in [0.29, 0.717) is 16.6 Å². The van der Waals surface area contributed by atoms with E-state index < -0.39 is 0 Å². The van der Waals surface area contributed by atoms with Gasteiger partial charge in [0, 0.05) is 45.7 Å². The number of fused-ring (bicyclic) bond motifs is 2. The zero-order valence-corrected chi connectivity index (χ0v) is 18.6. The number of carbonyl (C=O) groups is 1. The molecule has 0 radical (unpaired) electrons. The summed E-state index contributed by atoms with van der Waals surface area (Å²) >= 11 is 1.42. The summed E-state index contributed by atoms with van der Waals surface area (Å²) in [5, 5.41) is 11.9. The Labute approximate surface area is 188 Å². The van der Waals surface area contributed by atoms with Crippen molar-refractivity contribution in [1.29, 1.82) is 0 Å². The third-order valence-corrected chi connectivity index (χ3v) is 6.66. The number of pyridine rings is 1. The summed E-state index contributed by atoms with van der Waals surface area (Å²) < 4.78 is 1.89. The van der Waals surface area contributed by atoms with Gasteiger partial charge in [-0.1, -0.05) is 18.2 Å². The van der Waals surface area contributed by atoms with Crippen LogP contribution in [0.1, 0.15) is 54.7 Å². The second-order valence-electron chi connectivity index (χ2n) is 8.53. The molecule has 1 aliphatic rings. The Kier molecular flexibility index (Phi) is 4.36. The maximum Gasteiger partial charge on any atom is 0.258 e. The topological polar surface area (TPSA) is 88.5 Å². The number of rotatable bonds is 5. The Bertz CT molecular complexity index is 1470. The Morgan fingerprint density at radius 2 is 2.06 bits per heavy atom. The molecule has 1 amide bonds.